The minimum atomic E-state index is -0.772. The Hall–Kier alpha value is -1.07. The van der Waals surface area contributed by atoms with Crippen LogP contribution in [0.1, 0.15) is 20.3 Å². The SMILES string of the molecule is C=CC(=O)OCCCN(ON(C)C(C)C)C(O[N+](C)(C)C)O[N+](C)(C)C. The molecule has 0 aliphatic heterocycles. The van der Waals surface area contributed by atoms with Crippen molar-refractivity contribution in [1.29, 1.82) is 0 Å². The average Bonchev–Trinajstić information content (AvgIpc) is 2.45. The van der Waals surface area contributed by atoms with Crippen molar-refractivity contribution >= 4 is 5.97 Å². The second kappa shape index (κ2) is 10.9. The van der Waals surface area contributed by atoms with Gasteiger partial charge >= 0.3 is 12.4 Å². The summed E-state index contributed by atoms with van der Waals surface area (Å²) in [4.78, 5) is 29.1. The van der Waals surface area contributed by atoms with Crippen LogP contribution in [0.4, 0.5) is 0 Å². The summed E-state index contributed by atoms with van der Waals surface area (Å²) in [6, 6.07) is 0.157. The number of carbonyl (C=O) groups is 1. The lowest BCUT2D eigenvalue weighted by Gasteiger charge is -2.37. The van der Waals surface area contributed by atoms with Gasteiger partial charge in [0.05, 0.1) is 48.9 Å². The molecule has 0 aromatic heterocycles. The van der Waals surface area contributed by atoms with Crippen LogP contribution in [-0.2, 0) is 24.1 Å². The average molecular weight is 379 g/mol. The lowest BCUT2D eigenvalue weighted by Crippen LogP contribution is -2.55. The molecule has 0 radical (unpaired) electrons. The molecule has 0 saturated heterocycles. The van der Waals surface area contributed by atoms with E-state index in [1.54, 1.807) is 10.1 Å². The quantitative estimate of drug-likeness (QED) is 0.119. The number of ether oxygens (including phenoxy) is 1. The predicted octanol–water partition coefficient (Wildman–Crippen LogP) is 1.15. The van der Waals surface area contributed by atoms with E-state index in [1.807, 2.05) is 63.2 Å². The van der Waals surface area contributed by atoms with Crippen molar-refractivity contribution in [3.8, 4) is 0 Å². The third-order valence-corrected chi connectivity index (χ3v) is 2.94. The first kappa shape index (κ1) is 24.9. The van der Waals surface area contributed by atoms with Crippen LogP contribution in [0.3, 0.4) is 0 Å². The zero-order valence-corrected chi connectivity index (χ0v) is 17.9. The van der Waals surface area contributed by atoms with Gasteiger partial charge < -0.3 is 4.74 Å². The first-order chi connectivity index (χ1) is 11.7. The van der Waals surface area contributed by atoms with Crippen molar-refractivity contribution in [2.75, 3.05) is 62.5 Å². The molecule has 0 aromatic rings. The summed E-state index contributed by atoms with van der Waals surface area (Å²) in [6.07, 6.45) is 0.916. The molecule has 0 aliphatic rings. The number of hydrogen-bond acceptors (Lipinski definition) is 7. The molecular weight excluding hydrogens is 340 g/mol. The highest BCUT2D eigenvalue weighted by Gasteiger charge is 2.35. The Labute approximate surface area is 158 Å². The molecule has 26 heavy (non-hydrogen) atoms. The van der Waals surface area contributed by atoms with Gasteiger partial charge in [-0.15, -0.1) is 14.7 Å². The minimum absolute atomic E-state index is 0.157. The maximum absolute atomic E-state index is 11.2. The number of hydrogen-bond donors (Lipinski definition) is 0. The molecule has 0 atom stereocenters. The molecule has 0 N–H and O–H groups in total. The van der Waals surface area contributed by atoms with Gasteiger partial charge in [0.15, 0.2) is 0 Å². The van der Waals surface area contributed by atoms with E-state index in [1.165, 1.54) is 0 Å². The van der Waals surface area contributed by atoms with Crippen molar-refractivity contribution in [1.82, 2.24) is 10.1 Å². The molecule has 0 aliphatic carbocycles. The van der Waals surface area contributed by atoms with Gasteiger partial charge in [-0.1, -0.05) is 6.58 Å². The summed E-state index contributed by atoms with van der Waals surface area (Å²) in [5, 5.41) is 3.32. The Morgan fingerprint density at radius 2 is 1.58 bits per heavy atom. The standard InChI is InChI=1S/C17H38N4O5/c1-11-16(22)23-14-12-13-19(26-18(4)15(2)3)17(24-20(5,6)7)25-21(8,9)10/h11,15,17H,1,12-14H2,2-10H3/q+2. The highest BCUT2D eigenvalue weighted by molar-refractivity contribution is 5.81. The summed E-state index contributed by atoms with van der Waals surface area (Å²) in [6.45, 7) is 8.09. The van der Waals surface area contributed by atoms with Gasteiger partial charge in [0.2, 0.25) is 0 Å². The van der Waals surface area contributed by atoms with Crippen LogP contribution in [0.5, 0.6) is 0 Å². The number of quaternary nitrogens is 2. The largest absolute Gasteiger partial charge is 0.462 e. The molecule has 0 saturated carbocycles. The molecule has 0 unspecified atom stereocenters. The normalized spacial score (nSPS) is 13.1. The second-order valence-electron chi connectivity index (χ2n) is 7.88. The van der Waals surface area contributed by atoms with Crippen LogP contribution < -0.4 is 0 Å². The van der Waals surface area contributed by atoms with Crippen molar-refractivity contribution in [3.05, 3.63) is 12.7 Å². The van der Waals surface area contributed by atoms with Gasteiger partial charge in [0.25, 0.3) is 0 Å². The lowest BCUT2D eigenvalue weighted by atomic mass is 10.4. The molecular formula is C17H38N4O5+2. The van der Waals surface area contributed by atoms with Crippen molar-refractivity contribution in [2.45, 2.75) is 32.7 Å². The van der Waals surface area contributed by atoms with Gasteiger partial charge in [0.1, 0.15) is 0 Å². The Morgan fingerprint density at radius 3 is 1.96 bits per heavy atom. The topological polar surface area (TPSA) is 60.5 Å². The van der Waals surface area contributed by atoms with Gasteiger partial charge in [-0.2, -0.15) is 14.4 Å². The first-order valence-corrected chi connectivity index (χ1v) is 8.71. The molecule has 0 spiro atoms. The van der Waals surface area contributed by atoms with Crippen LogP contribution in [0.15, 0.2) is 12.7 Å². The van der Waals surface area contributed by atoms with Gasteiger partial charge in [-0.25, -0.2) is 9.73 Å². The number of hydroxylamine groups is 10. The van der Waals surface area contributed by atoms with Crippen LogP contribution in [0.25, 0.3) is 0 Å². The third kappa shape index (κ3) is 12.3. The van der Waals surface area contributed by atoms with Gasteiger partial charge in [-0.3, -0.25) is 0 Å². The van der Waals surface area contributed by atoms with E-state index in [4.69, 9.17) is 19.4 Å². The molecule has 0 amide bonds. The fourth-order valence-corrected chi connectivity index (χ4v) is 1.56. The summed E-state index contributed by atoms with van der Waals surface area (Å²) < 4.78 is 5.48. The number of esters is 1. The summed E-state index contributed by atoms with van der Waals surface area (Å²) in [5.41, 5.74) is 0. The van der Waals surface area contributed by atoms with Crippen LogP contribution in [0.2, 0.25) is 0 Å². The lowest BCUT2D eigenvalue weighted by molar-refractivity contribution is -1.13. The van der Waals surface area contributed by atoms with E-state index in [0.717, 1.165) is 6.08 Å². The molecule has 9 heteroatoms. The molecule has 9 nitrogen and oxygen atoms in total. The van der Waals surface area contributed by atoms with E-state index >= 15 is 0 Å². The van der Waals surface area contributed by atoms with Crippen molar-refractivity contribution in [3.63, 3.8) is 0 Å². The minimum Gasteiger partial charge on any atom is -0.462 e. The highest BCUT2D eigenvalue weighted by Crippen LogP contribution is 2.15. The van der Waals surface area contributed by atoms with Crippen molar-refractivity contribution < 1.29 is 33.4 Å². The second-order valence-corrected chi connectivity index (χ2v) is 7.88. The monoisotopic (exact) mass is 378 g/mol. The Bertz CT molecular complexity index is 416. The van der Waals surface area contributed by atoms with E-state index in [2.05, 4.69) is 6.58 Å². The molecule has 0 rings (SSSR count). The number of nitrogens with zero attached hydrogens (tertiary/aromatic N) is 4. The summed E-state index contributed by atoms with van der Waals surface area (Å²) >= 11 is 0. The van der Waals surface area contributed by atoms with Crippen LogP contribution >= 0.6 is 0 Å². The van der Waals surface area contributed by atoms with E-state index in [-0.39, 0.29) is 21.9 Å². The Morgan fingerprint density at radius 1 is 1.08 bits per heavy atom. The van der Waals surface area contributed by atoms with Crippen LogP contribution in [0, 0.1) is 0 Å². The number of carbonyl (C=O) groups excluding carboxylic acids is 1. The van der Waals surface area contributed by atoms with Crippen LogP contribution in [-0.4, -0.2) is 100 Å². The Balaban J connectivity index is 5.16. The third-order valence-electron chi connectivity index (χ3n) is 2.94. The van der Waals surface area contributed by atoms with Gasteiger partial charge in [-0.05, 0) is 20.3 Å². The molecule has 0 fully saturated rings. The maximum Gasteiger partial charge on any atom is 0.349 e. The first-order valence-electron chi connectivity index (χ1n) is 8.71. The fraction of sp³-hybridized carbons (Fsp3) is 0.824. The zero-order chi connectivity index (χ0) is 20.5. The maximum atomic E-state index is 11.2. The molecule has 0 aromatic carbocycles. The van der Waals surface area contributed by atoms with E-state index in [9.17, 15) is 4.79 Å². The fourth-order valence-electron chi connectivity index (χ4n) is 1.56. The zero-order valence-electron chi connectivity index (χ0n) is 17.9. The molecule has 154 valence electrons. The Kier molecular flexibility index (Phi) is 10.5. The molecule has 0 bridgehead atoms. The van der Waals surface area contributed by atoms with E-state index < -0.39 is 12.4 Å². The number of rotatable bonds is 13. The summed E-state index contributed by atoms with van der Waals surface area (Å²) in [5.74, 6) is -0.446. The predicted molar refractivity (Wildman–Crippen MR) is 98.5 cm³/mol. The van der Waals surface area contributed by atoms with Crippen molar-refractivity contribution in [2.24, 2.45) is 0 Å². The summed E-state index contributed by atoms with van der Waals surface area (Å²) in [7, 11) is 13.2. The molecule has 0 heterocycles. The van der Waals surface area contributed by atoms with E-state index in [0.29, 0.717) is 13.0 Å². The van der Waals surface area contributed by atoms with Gasteiger partial charge in [0, 0.05) is 25.7 Å². The highest BCUT2D eigenvalue weighted by atomic mass is 17.0. The smallest absolute Gasteiger partial charge is 0.349 e.